The molecule has 1 saturated carbocycles. The van der Waals surface area contributed by atoms with Crippen LogP contribution < -0.4 is 9.46 Å². The molecule has 4 rings (SSSR count). The molecular formula is C23H30ClN7O4S. The molecule has 0 radical (unpaired) electrons. The molecule has 0 aromatic carbocycles. The summed E-state index contributed by atoms with van der Waals surface area (Å²) in [5.41, 5.74) is 0.542. The topological polar surface area (TPSA) is 134 Å². The lowest BCUT2D eigenvalue weighted by Gasteiger charge is -2.24. The normalized spacial score (nSPS) is 16.4. The minimum absolute atomic E-state index is 0.124. The van der Waals surface area contributed by atoms with E-state index in [1.807, 2.05) is 6.07 Å². The molecule has 0 aliphatic heterocycles. The molecule has 0 saturated heterocycles. The second-order valence-electron chi connectivity index (χ2n) is 8.80. The average molecular weight is 536 g/mol. The standard InChI is InChI=1S/C23H30ClN7O4S/c1-15(20(35-3)21-25-12-17(24)13-26-21)36(32,33)30-23-29-28-22(18-10-7-11-19(27-18)34-2)31(23)14-16-8-5-4-6-9-16/h7,10-13,15-16,20H,4-6,8-9,14H2,1-3H3,(H,29,30). The van der Waals surface area contributed by atoms with Crippen LogP contribution in [0.4, 0.5) is 5.95 Å². The van der Waals surface area contributed by atoms with Gasteiger partial charge in [-0.05, 0) is 31.7 Å². The molecule has 0 spiro atoms. The van der Waals surface area contributed by atoms with Crippen molar-refractivity contribution in [3.05, 3.63) is 41.4 Å². The van der Waals surface area contributed by atoms with Gasteiger partial charge < -0.3 is 9.47 Å². The van der Waals surface area contributed by atoms with Crippen LogP contribution in [0, 0.1) is 5.92 Å². The number of nitrogens with zero attached hydrogens (tertiary/aromatic N) is 6. The lowest BCUT2D eigenvalue weighted by Crippen LogP contribution is -2.33. The van der Waals surface area contributed by atoms with E-state index in [2.05, 4.69) is 29.9 Å². The summed E-state index contributed by atoms with van der Waals surface area (Å²) in [5, 5.41) is 7.81. The number of aromatic nitrogens is 6. The second kappa shape index (κ2) is 11.5. The number of methoxy groups -OCH3 is 2. The Morgan fingerprint density at radius 1 is 1.14 bits per heavy atom. The first-order valence-electron chi connectivity index (χ1n) is 11.8. The molecule has 1 aliphatic rings. The first-order valence-corrected chi connectivity index (χ1v) is 13.7. The van der Waals surface area contributed by atoms with Crippen LogP contribution in [-0.4, -0.2) is 57.6 Å². The predicted octanol–water partition coefficient (Wildman–Crippen LogP) is 3.89. The van der Waals surface area contributed by atoms with Crippen LogP contribution in [-0.2, 0) is 21.3 Å². The fraction of sp³-hybridized carbons (Fsp3) is 0.522. The Bertz CT molecular complexity index is 1260. The molecule has 2 atom stereocenters. The maximum atomic E-state index is 13.4. The summed E-state index contributed by atoms with van der Waals surface area (Å²) in [4.78, 5) is 12.7. The van der Waals surface area contributed by atoms with Gasteiger partial charge in [-0.15, -0.1) is 10.2 Å². The van der Waals surface area contributed by atoms with Gasteiger partial charge in [-0.1, -0.05) is 36.9 Å². The van der Waals surface area contributed by atoms with Crippen LogP contribution in [0.15, 0.2) is 30.6 Å². The van der Waals surface area contributed by atoms with Gasteiger partial charge in [0.05, 0.1) is 12.1 Å². The summed E-state index contributed by atoms with van der Waals surface area (Å²) in [6.45, 7) is 2.10. The number of nitrogens with one attached hydrogen (secondary N) is 1. The fourth-order valence-corrected chi connectivity index (χ4v) is 5.63. The molecule has 13 heteroatoms. The molecule has 1 fully saturated rings. The molecule has 0 bridgehead atoms. The van der Waals surface area contributed by atoms with E-state index >= 15 is 0 Å². The molecule has 1 aliphatic carbocycles. The monoisotopic (exact) mass is 535 g/mol. The molecule has 3 aromatic heterocycles. The number of ether oxygens (including phenoxy) is 2. The zero-order valence-electron chi connectivity index (χ0n) is 20.5. The van der Waals surface area contributed by atoms with Crippen molar-refractivity contribution >= 4 is 27.6 Å². The predicted molar refractivity (Wildman–Crippen MR) is 135 cm³/mol. The molecule has 36 heavy (non-hydrogen) atoms. The van der Waals surface area contributed by atoms with Gasteiger partial charge in [0.25, 0.3) is 0 Å². The fourth-order valence-electron chi connectivity index (χ4n) is 4.38. The molecular weight excluding hydrogens is 506 g/mol. The number of rotatable bonds is 10. The zero-order chi connectivity index (χ0) is 25.7. The molecule has 0 amide bonds. The first kappa shape index (κ1) is 26.2. The highest BCUT2D eigenvalue weighted by Gasteiger charge is 2.34. The van der Waals surface area contributed by atoms with Crippen molar-refractivity contribution in [2.45, 2.75) is 56.9 Å². The van der Waals surface area contributed by atoms with E-state index < -0.39 is 21.4 Å². The van der Waals surface area contributed by atoms with Gasteiger partial charge in [0.1, 0.15) is 17.0 Å². The third-order valence-electron chi connectivity index (χ3n) is 6.38. The Labute approximate surface area is 215 Å². The van der Waals surface area contributed by atoms with E-state index in [9.17, 15) is 8.42 Å². The van der Waals surface area contributed by atoms with Gasteiger partial charge in [0.15, 0.2) is 11.6 Å². The van der Waals surface area contributed by atoms with E-state index in [-0.39, 0.29) is 11.8 Å². The Hall–Kier alpha value is -2.83. The van der Waals surface area contributed by atoms with E-state index in [0.717, 1.165) is 25.7 Å². The van der Waals surface area contributed by atoms with E-state index in [4.69, 9.17) is 21.1 Å². The van der Waals surface area contributed by atoms with Gasteiger partial charge in [-0.2, -0.15) is 0 Å². The van der Waals surface area contributed by atoms with Crippen LogP contribution in [0.3, 0.4) is 0 Å². The van der Waals surface area contributed by atoms with Gasteiger partial charge in [0, 0.05) is 32.1 Å². The van der Waals surface area contributed by atoms with Crippen molar-refractivity contribution in [2.75, 3.05) is 18.9 Å². The van der Waals surface area contributed by atoms with E-state index in [1.165, 1.54) is 40.0 Å². The smallest absolute Gasteiger partial charge is 0.240 e. The highest BCUT2D eigenvalue weighted by atomic mass is 35.5. The summed E-state index contributed by atoms with van der Waals surface area (Å²) in [6, 6.07) is 5.34. The summed E-state index contributed by atoms with van der Waals surface area (Å²) >= 11 is 5.88. The molecule has 2 unspecified atom stereocenters. The van der Waals surface area contributed by atoms with Crippen molar-refractivity contribution in [3.8, 4) is 17.4 Å². The van der Waals surface area contributed by atoms with E-state index in [1.54, 1.807) is 16.7 Å². The quantitative estimate of drug-likeness (QED) is 0.410. The molecule has 1 N–H and O–H groups in total. The largest absolute Gasteiger partial charge is 0.481 e. The van der Waals surface area contributed by atoms with Crippen LogP contribution in [0.1, 0.15) is 51.0 Å². The third kappa shape index (κ3) is 5.93. The van der Waals surface area contributed by atoms with Gasteiger partial charge in [-0.25, -0.2) is 23.4 Å². The third-order valence-corrected chi connectivity index (χ3v) is 8.26. The number of hydrogen-bond acceptors (Lipinski definition) is 9. The highest BCUT2D eigenvalue weighted by molar-refractivity contribution is 7.93. The minimum atomic E-state index is -3.98. The van der Waals surface area contributed by atoms with Crippen molar-refractivity contribution in [1.29, 1.82) is 0 Å². The van der Waals surface area contributed by atoms with Crippen LogP contribution in [0.5, 0.6) is 5.88 Å². The lowest BCUT2D eigenvalue weighted by atomic mass is 9.89. The average Bonchev–Trinajstić information content (AvgIpc) is 3.27. The van der Waals surface area contributed by atoms with E-state index in [0.29, 0.717) is 34.9 Å². The van der Waals surface area contributed by atoms with Gasteiger partial charge in [0.2, 0.25) is 21.9 Å². The van der Waals surface area contributed by atoms with Crippen LogP contribution in [0.25, 0.3) is 11.5 Å². The van der Waals surface area contributed by atoms with Crippen LogP contribution >= 0.6 is 11.6 Å². The Morgan fingerprint density at radius 3 is 2.53 bits per heavy atom. The Balaban J connectivity index is 1.66. The molecule has 194 valence electrons. The number of sulfonamides is 1. The maximum Gasteiger partial charge on any atom is 0.240 e. The highest BCUT2D eigenvalue weighted by Crippen LogP contribution is 2.30. The zero-order valence-corrected chi connectivity index (χ0v) is 22.0. The maximum absolute atomic E-state index is 13.4. The Kier molecular flexibility index (Phi) is 8.37. The minimum Gasteiger partial charge on any atom is -0.481 e. The summed E-state index contributed by atoms with van der Waals surface area (Å²) in [7, 11) is -1.04. The molecule has 3 aromatic rings. The van der Waals surface area contributed by atoms with Crippen molar-refractivity contribution in [1.82, 2.24) is 29.7 Å². The number of halogens is 1. The summed E-state index contributed by atoms with van der Waals surface area (Å²) < 4.78 is 42.0. The van der Waals surface area contributed by atoms with Crippen molar-refractivity contribution in [2.24, 2.45) is 5.92 Å². The number of anilines is 1. The summed E-state index contributed by atoms with van der Waals surface area (Å²) in [5.74, 6) is 1.62. The molecule has 11 nitrogen and oxygen atoms in total. The first-order chi connectivity index (χ1) is 17.3. The second-order valence-corrected chi connectivity index (χ2v) is 11.3. The SMILES string of the molecule is COc1cccc(-c2nnc(NS(=O)(=O)C(C)C(OC)c3ncc(Cl)cn3)n2CC2CCCCC2)n1. The van der Waals surface area contributed by atoms with Crippen molar-refractivity contribution < 1.29 is 17.9 Å². The van der Waals surface area contributed by atoms with Gasteiger partial charge in [-0.3, -0.25) is 9.29 Å². The number of hydrogen-bond donors (Lipinski definition) is 1. The lowest BCUT2D eigenvalue weighted by molar-refractivity contribution is 0.0950. The molecule has 3 heterocycles. The number of pyridine rings is 1. The van der Waals surface area contributed by atoms with Gasteiger partial charge >= 0.3 is 0 Å². The summed E-state index contributed by atoms with van der Waals surface area (Å²) in [6.07, 6.45) is 7.51. The van der Waals surface area contributed by atoms with Crippen molar-refractivity contribution in [3.63, 3.8) is 0 Å². The van der Waals surface area contributed by atoms with Crippen LogP contribution in [0.2, 0.25) is 5.02 Å². The Morgan fingerprint density at radius 2 is 1.86 bits per heavy atom.